The number of benzene rings is 1. The van der Waals surface area contributed by atoms with Crippen molar-refractivity contribution in [2.24, 2.45) is 11.8 Å². The van der Waals surface area contributed by atoms with Crippen molar-refractivity contribution in [3.05, 3.63) is 29.3 Å². The molecule has 0 bridgehead atoms. The molecule has 1 atom stereocenters. The lowest BCUT2D eigenvalue weighted by atomic mass is 10.0. The highest BCUT2D eigenvalue weighted by atomic mass is 32.2. The lowest BCUT2D eigenvalue weighted by Crippen LogP contribution is -2.13. The van der Waals surface area contributed by atoms with Gasteiger partial charge >= 0.3 is 0 Å². The summed E-state index contributed by atoms with van der Waals surface area (Å²) in [5.41, 5.74) is 2.76. The first-order valence-corrected chi connectivity index (χ1v) is 7.47. The van der Waals surface area contributed by atoms with Crippen LogP contribution in [0.25, 0.3) is 0 Å². The lowest BCUT2D eigenvalue weighted by Gasteiger charge is -2.18. The number of rotatable bonds is 5. The maximum absolute atomic E-state index is 4.42. The van der Waals surface area contributed by atoms with Crippen LogP contribution < -0.4 is 0 Å². The fourth-order valence-corrected chi connectivity index (χ4v) is 3.52. The summed E-state index contributed by atoms with van der Waals surface area (Å²) in [4.78, 5) is 1.38. The molecule has 1 aromatic rings. The van der Waals surface area contributed by atoms with Crippen LogP contribution in [0.15, 0.2) is 23.1 Å². The molecular weight excluding hydrogens is 232 g/mol. The first-order valence-electron chi connectivity index (χ1n) is 5.85. The predicted octanol–water partition coefficient (Wildman–Crippen LogP) is 4.60. The highest BCUT2D eigenvalue weighted by molar-refractivity contribution is 7.99. The van der Waals surface area contributed by atoms with Gasteiger partial charge in [-0.2, -0.15) is 12.6 Å². The van der Waals surface area contributed by atoms with E-state index in [1.807, 2.05) is 11.8 Å². The Balaban J connectivity index is 2.57. The Morgan fingerprint density at radius 2 is 1.88 bits per heavy atom. The number of thiol groups is 1. The molecule has 1 rings (SSSR count). The maximum Gasteiger partial charge on any atom is 0.00748 e. The average Bonchev–Trinajstić information content (AvgIpc) is 2.23. The van der Waals surface area contributed by atoms with Gasteiger partial charge in [0.25, 0.3) is 0 Å². The van der Waals surface area contributed by atoms with E-state index in [9.17, 15) is 0 Å². The number of hydrogen-bond donors (Lipinski definition) is 1. The second-order valence-electron chi connectivity index (χ2n) is 4.74. The molecule has 0 fully saturated rings. The van der Waals surface area contributed by atoms with E-state index < -0.39 is 0 Å². The van der Waals surface area contributed by atoms with Gasteiger partial charge in [-0.3, -0.25) is 0 Å². The Kier molecular flexibility index (Phi) is 5.77. The molecule has 0 nitrogen and oxygen atoms in total. The molecule has 0 heterocycles. The quantitative estimate of drug-likeness (QED) is 0.592. The molecule has 0 saturated heterocycles. The summed E-state index contributed by atoms with van der Waals surface area (Å²) in [6.45, 7) is 8.90. The second-order valence-corrected chi connectivity index (χ2v) is 6.20. The normalized spacial score (nSPS) is 13.1. The summed E-state index contributed by atoms with van der Waals surface area (Å²) in [5.74, 6) is 3.57. The third kappa shape index (κ3) is 4.06. The van der Waals surface area contributed by atoms with Gasteiger partial charge in [-0.05, 0) is 54.7 Å². The fraction of sp³-hybridized carbons (Fsp3) is 0.571. The summed E-state index contributed by atoms with van der Waals surface area (Å²) in [5, 5.41) is 0. The molecule has 0 aromatic heterocycles. The van der Waals surface area contributed by atoms with Crippen LogP contribution in [0.4, 0.5) is 0 Å². The Bertz CT molecular complexity index is 332. The molecule has 2 heteroatoms. The van der Waals surface area contributed by atoms with E-state index in [4.69, 9.17) is 0 Å². The van der Waals surface area contributed by atoms with Crippen LogP contribution in [0.5, 0.6) is 0 Å². The minimum absolute atomic E-state index is 0.704. The molecule has 1 unspecified atom stereocenters. The molecule has 16 heavy (non-hydrogen) atoms. The summed E-state index contributed by atoms with van der Waals surface area (Å²) in [7, 11) is 0. The molecule has 0 spiro atoms. The highest BCUT2D eigenvalue weighted by Crippen LogP contribution is 2.26. The number of hydrogen-bond acceptors (Lipinski definition) is 2. The zero-order chi connectivity index (χ0) is 12.1. The van der Waals surface area contributed by atoms with Crippen LogP contribution in [0.1, 0.15) is 25.0 Å². The van der Waals surface area contributed by atoms with E-state index in [-0.39, 0.29) is 0 Å². The molecule has 0 aliphatic heterocycles. The van der Waals surface area contributed by atoms with Crippen LogP contribution in [0, 0.1) is 25.7 Å². The average molecular weight is 254 g/mol. The van der Waals surface area contributed by atoms with E-state index in [2.05, 4.69) is 58.5 Å². The van der Waals surface area contributed by atoms with Gasteiger partial charge in [-0.1, -0.05) is 19.9 Å². The van der Waals surface area contributed by atoms with Gasteiger partial charge in [0.1, 0.15) is 0 Å². The van der Waals surface area contributed by atoms with Gasteiger partial charge in [0.15, 0.2) is 0 Å². The van der Waals surface area contributed by atoms with Gasteiger partial charge in [0.05, 0.1) is 0 Å². The topological polar surface area (TPSA) is 0 Å². The van der Waals surface area contributed by atoms with Crippen LogP contribution in [0.3, 0.4) is 0 Å². The largest absolute Gasteiger partial charge is 0.179 e. The molecule has 0 N–H and O–H groups in total. The minimum Gasteiger partial charge on any atom is -0.179 e. The van der Waals surface area contributed by atoms with Crippen molar-refractivity contribution in [3.63, 3.8) is 0 Å². The number of aryl methyl sites for hydroxylation is 2. The molecule has 0 radical (unpaired) electrons. The standard InChI is InChI=1S/C14H22S2/c1-10(2)13(8-15)9-16-14-6-5-11(3)12(4)7-14/h5-7,10,13,15H,8-9H2,1-4H3. The minimum atomic E-state index is 0.704. The zero-order valence-corrected chi connectivity index (χ0v) is 12.4. The van der Waals surface area contributed by atoms with Crippen LogP contribution in [-0.4, -0.2) is 11.5 Å². The van der Waals surface area contributed by atoms with Crippen molar-refractivity contribution in [2.45, 2.75) is 32.6 Å². The lowest BCUT2D eigenvalue weighted by molar-refractivity contribution is 0.473. The van der Waals surface area contributed by atoms with Gasteiger partial charge in [0.2, 0.25) is 0 Å². The van der Waals surface area contributed by atoms with E-state index in [0.717, 1.165) is 11.7 Å². The molecule has 0 aliphatic rings. The van der Waals surface area contributed by atoms with Crippen molar-refractivity contribution in [1.82, 2.24) is 0 Å². The molecular formula is C14H22S2. The van der Waals surface area contributed by atoms with Gasteiger partial charge in [0, 0.05) is 10.6 Å². The van der Waals surface area contributed by atoms with Crippen molar-refractivity contribution in [1.29, 1.82) is 0 Å². The molecule has 90 valence electrons. The van der Waals surface area contributed by atoms with Gasteiger partial charge < -0.3 is 0 Å². The molecule has 0 saturated carbocycles. The zero-order valence-electron chi connectivity index (χ0n) is 10.7. The van der Waals surface area contributed by atoms with Crippen LogP contribution in [0.2, 0.25) is 0 Å². The van der Waals surface area contributed by atoms with Crippen molar-refractivity contribution >= 4 is 24.4 Å². The smallest absolute Gasteiger partial charge is 0.00748 e. The van der Waals surface area contributed by atoms with Crippen LogP contribution in [-0.2, 0) is 0 Å². The maximum atomic E-state index is 4.42. The first kappa shape index (κ1) is 14.0. The van der Waals surface area contributed by atoms with E-state index in [1.165, 1.54) is 21.8 Å². The Morgan fingerprint density at radius 3 is 2.38 bits per heavy atom. The first-order chi connectivity index (χ1) is 7.54. The number of thioether (sulfide) groups is 1. The van der Waals surface area contributed by atoms with Crippen molar-refractivity contribution < 1.29 is 0 Å². The van der Waals surface area contributed by atoms with E-state index in [0.29, 0.717) is 5.92 Å². The third-order valence-electron chi connectivity index (χ3n) is 3.12. The summed E-state index contributed by atoms with van der Waals surface area (Å²) >= 11 is 6.38. The van der Waals surface area contributed by atoms with Crippen LogP contribution >= 0.6 is 24.4 Å². The highest BCUT2D eigenvalue weighted by Gasteiger charge is 2.11. The fourth-order valence-electron chi connectivity index (χ4n) is 1.46. The van der Waals surface area contributed by atoms with E-state index in [1.54, 1.807) is 0 Å². The van der Waals surface area contributed by atoms with Crippen molar-refractivity contribution in [3.8, 4) is 0 Å². The third-order valence-corrected chi connectivity index (χ3v) is 4.77. The molecule has 0 aliphatic carbocycles. The Labute approximate surface area is 110 Å². The predicted molar refractivity (Wildman–Crippen MR) is 78.8 cm³/mol. The van der Waals surface area contributed by atoms with Crippen molar-refractivity contribution in [2.75, 3.05) is 11.5 Å². The van der Waals surface area contributed by atoms with Gasteiger partial charge in [-0.15, -0.1) is 11.8 Å². The Hall–Kier alpha value is -0.0800. The molecule has 1 aromatic carbocycles. The summed E-state index contributed by atoms with van der Waals surface area (Å²) in [6.07, 6.45) is 0. The second kappa shape index (κ2) is 6.61. The summed E-state index contributed by atoms with van der Waals surface area (Å²) in [6, 6.07) is 6.72. The Morgan fingerprint density at radius 1 is 1.19 bits per heavy atom. The summed E-state index contributed by atoms with van der Waals surface area (Å²) < 4.78 is 0. The van der Waals surface area contributed by atoms with E-state index >= 15 is 0 Å². The van der Waals surface area contributed by atoms with Gasteiger partial charge in [-0.25, -0.2) is 0 Å². The SMILES string of the molecule is Cc1ccc(SCC(CS)C(C)C)cc1C. The monoisotopic (exact) mass is 254 g/mol. The molecule has 0 amide bonds.